The van der Waals surface area contributed by atoms with E-state index in [1.54, 1.807) is 29.1 Å². The summed E-state index contributed by atoms with van der Waals surface area (Å²) in [7, 11) is 0. The van der Waals surface area contributed by atoms with Gasteiger partial charge >= 0.3 is 0 Å². The van der Waals surface area contributed by atoms with Crippen molar-refractivity contribution < 1.29 is 4.79 Å². The zero-order chi connectivity index (χ0) is 19.8. The Bertz CT molecular complexity index is 1200. The second-order valence-corrected chi connectivity index (χ2v) is 7.38. The fourth-order valence-electron chi connectivity index (χ4n) is 2.82. The van der Waals surface area contributed by atoms with Crippen LogP contribution in [0.4, 0.5) is 5.69 Å². The van der Waals surface area contributed by atoms with Crippen LogP contribution in [0.15, 0.2) is 54.6 Å². The molecule has 0 bridgehead atoms. The Labute approximate surface area is 171 Å². The lowest BCUT2D eigenvalue weighted by molar-refractivity contribution is 0.102. The molecule has 0 radical (unpaired) electrons. The average Bonchev–Trinajstić information content (AvgIpc) is 3.07. The van der Waals surface area contributed by atoms with Gasteiger partial charge in [0.25, 0.3) is 5.91 Å². The molecule has 0 aliphatic rings. The van der Waals surface area contributed by atoms with E-state index < -0.39 is 0 Å². The molecule has 3 aromatic carbocycles. The van der Waals surface area contributed by atoms with Gasteiger partial charge in [-0.3, -0.25) is 4.79 Å². The maximum Gasteiger partial charge on any atom is 0.255 e. The van der Waals surface area contributed by atoms with Crippen molar-refractivity contribution in [2.24, 2.45) is 0 Å². The minimum absolute atomic E-state index is 0.227. The quantitative estimate of drug-likeness (QED) is 0.478. The number of carbonyl (C=O) groups is 1. The number of anilines is 1. The Kier molecular flexibility index (Phi) is 4.79. The van der Waals surface area contributed by atoms with Gasteiger partial charge in [0.2, 0.25) is 0 Å². The van der Waals surface area contributed by atoms with Crippen LogP contribution in [0.25, 0.3) is 16.7 Å². The Morgan fingerprint density at radius 3 is 2.25 bits per heavy atom. The van der Waals surface area contributed by atoms with Crippen LogP contribution in [0.3, 0.4) is 0 Å². The largest absolute Gasteiger partial charge is 0.322 e. The standard InChI is InChI=1S/C21H16Cl2N4O/c1-12-3-4-14(10-17(12)23)21(28)24-18-11-20-19(9-13(18)2)25-27(26-20)16-7-5-15(22)6-8-16/h3-11H,1-2H3,(H,24,28). The Morgan fingerprint density at radius 1 is 0.893 bits per heavy atom. The molecule has 0 saturated heterocycles. The van der Waals surface area contributed by atoms with E-state index in [0.29, 0.717) is 26.8 Å². The van der Waals surface area contributed by atoms with Crippen molar-refractivity contribution >= 4 is 45.8 Å². The summed E-state index contributed by atoms with van der Waals surface area (Å²) in [4.78, 5) is 14.1. The van der Waals surface area contributed by atoms with Gasteiger partial charge < -0.3 is 5.32 Å². The first-order chi connectivity index (χ1) is 13.4. The number of fused-ring (bicyclic) bond motifs is 1. The minimum atomic E-state index is -0.227. The van der Waals surface area contributed by atoms with Gasteiger partial charge in [-0.15, -0.1) is 10.2 Å². The molecule has 1 aromatic heterocycles. The topological polar surface area (TPSA) is 59.8 Å². The summed E-state index contributed by atoms with van der Waals surface area (Å²) in [6.07, 6.45) is 0. The second kappa shape index (κ2) is 7.26. The van der Waals surface area contributed by atoms with Crippen molar-refractivity contribution in [3.8, 4) is 5.69 Å². The van der Waals surface area contributed by atoms with Gasteiger partial charge in [0, 0.05) is 21.3 Å². The second-order valence-electron chi connectivity index (χ2n) is 6.54. The summed E-state index contributed by atoms with van der Waals surface area (Å²) in [6.45, 7) is 3.81. The smallest absolute Gasteiger partial charge is 0.255 e. The molecule has 0 spiro atoms. The molecule has 1 amide bonds. The van der Waals surface area contributed by atoms with Crippen LogP contribution in [-0.4, -0.2) is 20.9 Å². The third-order valence-electron chi connectivity index (χ3n) is 4.47. The number of carbonyl (C=O) groups excluding carboxylic acids is 1. The molecule has 0 aliphatic carbocycles. The highest BCUT2D eigenvalue weighted by molar-refractivity contribution is 6.31. The van der Waals surface area contributed by atoms with Gasteiger partial charge in [0.1, 0.15) is 11.0 Å². The SMILES string of the molecule is Cc1ccc(C(=O)Nc2cc3nn(-c4ccc(Cl)cc4)nc3cc2C)cc1Cl. The summed E-state index contributed by atoms with van der Waals surface area (Å²) in [5, 5.41) is 13.2. The first-order valence-electron chi connectivity index (χ1n) is 8.62. The van der Waals surface area contributed by atoms with Gasteiger partial charge in [-0.25, -0.2) is 0 Å². The summed E-state index contributed by atoms with van der Waals surface area (Å²) >= 11 is 12.1. The predicted octanol–water partition coefficient (Wildman–Crippen LogP) is 5.60. The number of aromatic nitrogens is 3. The van der Waals surface area contributed by atoms with Crippen molar-refractivity contribution in [2.45, 2.75) is 13.8 Å². The number of nitrogens with zero attached hydrogens (tertiary/aromatic N) is 3. The van der Waals surface area contributed by atoms with Crippen LogP contribution in [0.2, 0.25) is 10.0 Å². The number of benzene rings is 3. The fourth-order valence-corrected chi connectivity index (χ4v) is 3.13. The van der Waals surface area contributed by atoms with Gasteiger partial charge in [-0.2, -0.15) is 4.80 Å². The lowest BCUT2D eigenvalue weighted by atomic mass is 10.1. The third kappa shape index (κ3) is 3.59. The Hall–Kier alpha value is -2.89. The lowest BCUT2D eigenvalue weighted by Gasteiger charge is -2.09. The molecule has 1 heterocycles. The van der Waals surface area contributed by atoms with E-state index in [9.17, 15) is 4.79 Å². The highest BCUT2D eigenvalue weighted by atomic mass is 35.5. The fraction of sp³-hybridized carbons (Fsp3) is 0.0952. The maximum atomic E-state index is 12.6. The molecule has 1 N–H and O–H groups in total. The van der Waals surface area contributed by atoms with Crippen LogP contribution in [0.1, 0.15) is 21.5 Å². The molecule has 0 aliphatic heterocycles. The molecule has 0 unspecified atom stereocenters. The molecule has 4 rings (SSSR count). The lowest BCUT2D eigenvalue weighted by Crippen LogP contribution is -2.12. The minimum Gasteiger partial charge on any atom is -0.322 e. The van der Waals surface area contributed by atoms with Crippen LogP contribution >= 0.6 is 23.2 Å². The molecule has 4 aromatic rings. The van der Waals surface area contributed by atoms with Crippen LogP contribution in [0, 0.1) is 13.8 Å². The molecule has 140 valence electrons. The monoisotopic (exact) mass is 410 g/mol. The zero-order valence-electron chi connectivity index (χ0n) is 15.2. The third-order valence-corrected chi connectivity index (χ3v) is 5.13. The van der Waals surface area contributed by atoms with E-state index >= 15 is 0 Å². The van der Waals surface area contributed by atoms with Gasteiger partial charge in [-0.1, -0.05) is 29.3 Å². The molecular weight excluding hydrogens is 395 g/mol. The molecule has 0 fully saturated rings. The van der Waals surface area contributed by atoms with E-state index in [4.69, 9.17) is 23.2 Å². The molecule has 0 atom stereocenters. The summed E-state index contributed by atoms with van der Waals surface area (Å²) < 4.78 is 0. The van der Waals surface area contributed by atoms with Crippen LogP contribution in [0.5, 0.6) is 0 Å². The van der Waals surface area contributed by atoms with Crippen molar-refractivity contribution in [1.29, 1.82) is 0 Å². The molecule has 0 saturated carbocycles. The number of hydrogen-bond acceptors (Lipinski definition) is 3. The number of hydrogen-bond donors (Lipinski definition) is 1. The van der Waals surface area contributed by atoms with Crippen molar-refractivity contribution in [2.75, 3.05) is 5.32 Å². The molecule has 7 heteroatoms. The number of amides is 1. The summed E-state index contributed by atoms with van der Waals surface area (Å²) in [6, 6.07) is 16.2. The highest BCUT2D eigenvalue weighted by Crippen LogP contribution is 2.24. The van der Waals surface area contributed by atoms with E-state index in [2.05, 4.69) is 15.5 Å². The first kappa shape index (κ1) is 18.5. The normalized spacial score (nSPS) is 11.0. The summed E-state index contributed by atoms with van der Waals surface area (Å²) in [5.74, 6) is -0.227. The maximum absolute atomic E-state index is 12.6. The Balaban J connectivity index is 1.65. The van der Waals surface area contributed by atoms with Gasteiger partial charge in [-0.05, 0) is 73.5 Å². The van der Waals surface area contributed by atoms with Gasteiger partial charge in [0.15, 0.2) is 0 Å². The number of aryl methyl sites for hydroxylation is 2. The molecule has 5 nitrogen and oxygen atoms in total. The first-order valence-corrected chi connectivity index (χ1v) is 9.37. The highest BCUT2D eigenvalue weighted by Gasteiger charge is 2.12. The van der Waals surface area contributed by atoms with Crippen molar-refractivity contribution in [3.05, 3.63) is 81.3 Å². The zero-order valence-corrected chi connectivity index (χ0v) is 16.7. The van der Waals surface area contributed by atoms with Crippen molar-refractivity contribution in [3.63, 3.8) is 0 Å². The number of halogens is 2. The predicted molar refractivity (Wildman–Crippen MR) is 113 cm³/mol. The Morgan fingerprint density at radius 2 is 1.57 bits per heavy atom. The molecular formula is C21H16Cl2N4O. The summed E-state index contributed by atoms with van der Waals surface area (Å²) in [5.41, 5.74) is 5.22. The van der Waals surface area contributed by atoms with E-state index in [-0.39, 0.29) is 5.91 Å². The van der Waals surface area contributed by atoms with Gasteiger partial charge in [0.05, 0.1) is 5.69 Å². The van der Waals surface area contributed by atoms with E-state index in [1.165, 1.54) is 0 Å². The molecule has 28 heavy (non-hydrogen) atoms. The average molecular weight is 411 g/mol. The van der Waals surface area contributed by atoms with Crippen molar-refractivity contribution in [1.82, 2.24) is 15.0 Å². The van der Waals surface area contributed by atoms with E-state index in [1.807, 2.05) is 44.2 Å². The number of nitrogens with one attached hydrogen (secondary N) is 1. The number of rotatable bonds is 3. The van der Waals surface area contributed by atoms with Crippen LogP contribution in [-0.2, 0) is 0 Å². The van der Waals surface area contributed by atoms with E-state index in [0.717, 1.165) is 22.3 Å². The van der Waals surface area contributed by atoms with Crippen LogP contribution < -0.4 is 5.32 Å².